The van der Waals surface area contributed by atoms with Gasteiger partial charge in [0, 0.05) is 25.5 Å². The molecule has 4 rings (SSSR count). The van der Waals surface area contributed by atoms with E-state index in [1.54, 1.807) is 4.68 Å². The summed E-state index contributed by atoms with van der Waals surface area (Å²) in [5.74, 6) is 0.755. The van der Waals surface area contributed by atoms with Gasteiger partial charge in [0.2, 0.25) is 0 Å². The van der Waals surface area contributed by atoms with Gasteiger partial charge in [-0.3, -0.25) is 14.4 Å². The molecule has 6 heteroatoms. The molecule has 0 unspecified atom stereocenters. The average Bonchev–Trinajstić information content (AvgIpc) is 3.01. The lowest BCUT2D eigenvalue weighted by Gasteiger charge is -2.30. The molecule has 1 amide bonds. The Labute approximate surface area is 178 Å². The summed E-state index contributed by atoms with van der Waals surface area (Å²) in [6.07, 6.45) is 2.59. The van der Waals surface area contributed by atoms with Gasteiger partial charge in [-0.2, -0.15) is 5.10 Å². The number of likely N-dealkylation sites (tertiary alicyclic amines) is 1. The van der Waals surface area contributed by atoms with E-state index in [0.717, 1.165) is 34.8 Å². The molecule has 2 aromatic heterocycles. The minimum Gasteiger partial charge on any atom is -0.348 e. The average molecular weight is 406 g/mol. The fourth-order valence-corrected chi connectivity index (χ4v) is 4.18. The third-order valence-electron chi connectivity index (χ3n) is 6.19. The number of pyridine rings is 1. The number of hydrogen-bond acceptors (Lipinski definition) is 4. The van der Waals surface area contributed by atoms with Crippen molar-refractivity contribution < 1.29 is 4.79 Å². The van der Waals surface area contributed by atoms with Crippen molar-refractivity contribution in [1.82, 2.24) is 25.0 Å². The second-order valence-corrected chi connectivity index (χ2v) is 8.66. The molecule has 1 aromatic carbocycles. The maximum Gasteiger partial charge on any atom is 0.253 e. The van der Waals surface area contributed by atoms with Crippen LogP contribution in [0.3, 0.4) is 0 Å². The number of piperidine rings is 1. The molecular formula is C24H31N5O. The monoisotopic (exact) mass is 405 g/mol. The number of amides is 1. The Balaban J connectivity index is 1.37. The molecule has 3 heterocycles. The molecule has 0 bridgehead atoms. The smallest absolute Gasteiger partial charge is 0.253 e. The molecule has 0 atom stereocenters. The van der Waals surface area contributed by atoms with Crippen molar-refractivity contribution in [3.05, 3.63) is 58.4 Å². The van der Waals surface area contributed by atoms with Crippen molar-refractivity contribution in [3.8, 4) is 0 Å². The van der Waals surface area contributed by atoms with Gasteiger partial charge in [-0.05, 0) is 62.9 Å². The van der Waals surface area contributed by atoms with E-state index >= 15 is 0 Å². The molecule has 30 heavy (non-hydrogen) atoms. The van der Waals surface area contributed by atoms with E-state index in [1.807, 2.05) is 27.0 Å². The fraction of sp³-hybridized carbons (Fsp3) is 0.458. The van der Waals surface area contributed by atoms with Crippen LogP contribution in [0.5, 0.6) is 0 Å². The van der Waals surface area contributed by atoms with Gasteiger partial charge in [-0.1, -0.05) is 31.2 Å². The number of aromatic nitrogens is 3. The Morgan fingerprint density at radius 1 is 1.10 bits per heavy atom. The molecule has 0 saturated carbocycles. The van der Waals surface area contributed by atoms with E-state index in [0.29, 0.717) is 17.8 Å². The Morgan fingerprint density at radius 3 is 2.47 bits per heavy atom. The van der Waals surface area contributed by atoms with E-state index in [4.69, 9.17) is 0 Å². The first-order valence-corrected chi connectivity index (χ1v) is 10.8. The molecule has 1 aliphatic rings. The quantitative estimate of drug-likeness (QED) is 0.702. The van der Waals surface area contributed by atoms with Crippen LogP contribution in [-0.4, -0.2) is 38.7 Å². The largest absolute Gasteiger partial charge is 0.348 e. The first kappa shape index (κ1) is 20.5. The van der Waals surface area contributed by atoms with Gasteiger partial charge < -0.3 is 5.32 Å². The Morgan fingerprint density at radius 2 is 1.77 bits per heavy atom. The summed E-state index contributed by atoms with van der Waals surface area (Å²) >= 11 is 0. The van der Waals surface area contributed by atoms with E-state index in [-0.39, 0.29) is 5.91 Å². The number of fused-ring (bicyclic) bond motifs is 1. The van der Waals surface area contributed by atoms with Gasteiger partial charge in [0.1, 0.15) is 0 Å². The van der Waals surface area contributed by atoms with E-state index in [2.05, 4.69) is 51.5 Å². The standard InChI is InChI=1S/C24H31N5O/c1-16-9-11-29(12-10-16)15-20-7-5-19(6-8-20)14-25-24(30)22-13-21-18(3)27-28(4)23(21)26-17(22)2/h5-8,13,16H,9-12,14-15H2,1-4H3,(H,25,30). The van der Waals surface area contributed by atoms with Crippen LogP contribution >= 0.6 is 0 Å². The van der Waals surface area contributed by atoms with Crippen LogP contribution in [0, 0.1) is 19.8 Å². The summed E-state index contributed by atoms with van der Waals surface area (Å²) in [4.78, 5) is 19.9. The normalized spacial score (nSPS) is 15.6. The van der Waals surface area contributed by atoms with Crippen LogP contribution in [0.15, 0.2) is 30.3 Å². The zero-order chi connectivity index (χ0) is 21.3. The number of aryl methyl sites for hydroxylation is 3. The lowest BCUT2D eigenvalue weighted by molar-refractivity contribution is 0.0950. The summed E-state index contributed by atoms with van der Waals surface area (Å²) in [7, 11) is 1.87. The van der Waals surface area contributed by atoms with Crippen LogP contribution in [0.2, 0.25) is 0 Å². The van der Waals surface area contributed by atoms with Gasteiger partial charge in [-0.25, -0.2) is 4.98 Å². The SMILES string of the molecule is Cc1nc2c(cc1C(=O)NCc1ccc(CN3CCC(C)CC3)cc1)c(C)nn2C. The van der Waals surface area contributed by atoms with E-state index < -0.39 is 0 Å². The predicted molar refractivity (Wildman–Crippen MR) is 119 cm³/mol. The van der Waals surface area contributed by atoms with Crippen molar-refractivity contribution in [2.75, 3.05) is 13.1 Å². The van der Waals surface area contributed by atoms with Gasteiger partial charge in [0.25, 0.3) is 5.91 Å². The number of nitrogens with one attached hydrogen (secondary N) is 1. The minimum absolute atomic E-state index is 0.100. The predicted octanol–water partition coefficient (Wildman–Crippen LogP) is 3.75. The maximum absolute atomic E-state index is 12.8. The zero-order valence-corrected chi connectivity index (χ0v) is 18.4. The van der Waals surface area contributed by atoms with Crippen LogP contribution in [-0.2, 0) is 20.1 Å². The first-order chi connectivity index (χ1) is 14.4. The highest BCUT2D eigenvalue weighted by Gasteiger charge is 2.17. The summed E-state index contributed by atoms with van der Waals surface area (Å²) in [6.45, 7) is 10.0. The Bertz CT molecular complexity index is 1050. The Kier molecular flexibility index (Phi) is 5.86. The van der Waals surface area contributed by atoms with E-state index in [1.165, 1.54) is 31.5 Å². The summed E-state index contributed by atoms with van der Waals surface area (Å²) in [5.41, 5.74) is 5.44. The lowest BCUT2D eigenvalue weighted by atomic mass is 9.99. The third-order valence-corrected chi connectivity index (χ3v) is 6.19. The lowest BCUT2D eigenvalue weighted by Crippen LogP contribution is -2.32. The number of carbonyl (C=O) groups excluding carboxylic acids is 1. The third kappa shape index (κ3) is 4.38. The molecule has 1 aliphatic heterocycles. The summed E-state index contributed by atoms with van der Waals surface area (Å²) in [6, 6.07) is 10.5. The van der Waals surface area contributed by atoms with Gasteiger partial charge in [0.15, 0.2) is 5.65 Å². The molecule has 1 saturated heterocycles. The van der Waals surface area contributed by atoms with Crippen LogP contribution < -0.4 is 5.32 Å². The van der Waals surface area contributed by atoms with Crippen LogP contribution in [0.25, 0.3) is 11.0 Å². The van der Waals surface area contributed by atoms with Crippen molar-refractivity contribution in [2.24, 2.45) is 13.0 Å². The molecule has 158 valence electrons. The molecule has 6 nitrogen and oxygen atoms in total. The van der Waals surface area contributed by atoms with Gasteiger partial charge in [0.05, 0.1) is 17.0 Å². The molecule has 1 fully saturated rings. The molecular weight excluding hydrogens is 374 g/mol. The summed E-state index contributed by atoms with van der Waals surface area (Å²) < 4.78 is 1.76. The topological polar surface area (TPSA) is 63.1 Å². The second kappa shape index (κ2) is 8.56. The summed E-state index contributed by atoms with van der Waals surface area (Å²) in [5, 5.41) is 8.36. The highest BCUT2D eigenvalue weighted by atomic mass is 16.1. The number of carbonyl (C=O) groups is 1. The first-order valence-electron chi connectivity index (χ1n) is 10.8. The number of nitrogens with zero attached hydrogens (tertiary/aromatic N) is 4. The second-order valence-electron chi connectivity index (χ2n) is 8.66. The number of rotatable bonds is 5. The molecule has 0 aliphatic carbocycles. The van der Waals surface area contributed by atoms with Crippen molar-refractivity contribution >= 4 is 16.9 Å². The Hall–Kier alpha value is -2.73. The highest BCUT2D eigenvalue weighted by molar-refractivity contribution is 5.98. The van der Waals surface area contributed by atoms with Crippen molar-refractivity contribution in [2.45, 2.75) is 46.7 Å². The molecule has 1 N–H and O–H groups in total. The molecule has 0 radical (unpaired) electrons. The van der Waals surface area contributed by atoms with Crippen molar-refractivity contribution in [3.63, 3.8) is 0 Å². The molecule has 3 aromatic rings. The highest BCUT2D eigenvalue weighted by Crippen LogP contribution is 2.20. The zero-order valence-electron chi connectivity index (χ0n) is 18.4. The fourth-order valence-electron chi connectivity index (χ4n) is 4.18. The van der Waals surface area contributed by atoms with E-state index in [9.17, 15) is 4.79 Å². The van der Waals surface area contributed by atoms with Crippen molar-refractivity contribution in [1.29, 1.82) is 0 Å². The van der Waals surface area contributed by atoms with Crippen LogP contribution in [0.1, 0.15) is 52.6 Å². The van der Waals surface area contributed by atoms with Crippen LogP contribution in [0.4, 0.5) is 0 Å². The minimum atomic E-state index is -0.100. The van der Waals surface area contributed by atoms with Gasteiger partial charge >= 0.3 is 0 Å². The number of hydrogen-bond donors (Lipinski definition) is 1. The van der Waals surface area contributed by atoms with Gasteiger partial charge in [-0.15, -0.1) is 0 Å². The number of benzene rings is 1. The maximum atomic E-state index is 12.8. The molecule has 0 spiro atoms.